The molecule has 144 valence electrons. The summed E-state index contributed by atoms with van der Waals surface area (Å²) in [6.45, 7) is 11.1. The van der Waals surface area contributed by atoms with Crippen molar-refractivity contribution >= 4 is 40.8 Å². The third-order valence-corrected chi connectivity index (χ3v) is 2.90. The van der Waals surface area contributed by atoms with Crippen molar-refractivity contribution < 1.29 is 19.1 Å². The summed E-state index contributed by atoms with van der Waals surface area (Å²) >= 11 is 6.05. The molecule has 0 atom stereocenters. The van der Waals surface area contributed by atoms with Gasteiger partial charge in [0.05, 0.1) is 12.9 Å². The average Bonchev–Trinajstić information content (AvgIpc) is 2.91. The molecule has 0 aliphatic rings. The second-order valence-corrected chi connectivity index (χ2v) is 6.17. The molecule has 0 radical (unpaired) electrons. The number of ether oxygens (including phenoxy) is 2. The van der Waals surface area contributed by atoms with Crippen molar-refractivity contribution in [2.45, 2.75) is 53.7 Å². The molecule has 0 bridgehead atoms. The Balaban J connectivity index is 0.00000163. The summed E-state index contributed by atoms with van der Waals surface area (Å²) in [5.74, 6) is -0.486. The van der Waals surface area contributed by atoms with E-state index in [4.69, 9.17) is 21.1 Å². The zero-order valence-electron chi connectivity index (χ0n) is 15.8. The van der Waals surface area contributed by atoms with Crippen molar-refractivity contribution in [1.82, 2.24) is 19.5 Å². The van der Waals surface area contributed by atoms with Gasteiger partial charge >= 0.3 is 12.1 Å². The van der Waals surface area contributed by atoms with Crippen LogP contribution in [0.2, 0.25) is 5.15 Å². The molecule has 0 aromatic carbocycles. The zero-order valence-corrected chi connectivity index (χ0v) is 16.5. The number of nitrogens with one attached hydrogen (secondary N) is 1. The third kappa shape index (κ3) is 6.14. The normalized spacial score (nSPS) is 10.7. The summed E-state index contributed by atoms with van der Waals surface area (Å²) in [5, 5.41) is 2.45. The van der Waals surface area contributed by atoms with Crippen LogP contribution in [0.4, 0.5) is 10.7 Å². The second-order valence-electron chi connectivity index (χ2n) is 5.81. The fourth-order valence-corrected chi connectivity index (χ4v) is 2.04. The minimum Gasteiger partial charge on any atom is -0.465 e. The first-order valence-corrected chi connectivity index (χ1v) is 8.61. The van der Waals surface area contributed by atoms with Crippen LogP contribution in [0.3, 0.4) is 0 Å². The van der Waals surface area contributed by atoms with Gasteiger partial charge in [-0.2, -0.15) is 9.97 Å². The van der Waals surface area contributed by atoms with E-state index in [0.717, 1.165) is 0 Å². The van der Waals surface area contributed by atoms with Crippen LogP contribution in [0, 0.1) is 0 Å². The Kier molecular flexibility index (Phi) is 7.76. The highest BCUT2D eigenvalue weighted by Gasteiger charge is 2.19. The van der Waals surface area contributed by atoms with Gasteiger partial charge in [-0.3, -0.25) is 10.1 Å². The molecular formula is C16H24ClN5O4. The predicted octanol–water partition coefficient (Wildman–Crippen LogP) is 3.42. The minimum atomic E-state index is -0.714. The summed E-state index contributed by atoms with van der Waals surface area (Å²) in [6, 6.07) is 0. The monoisotopic (exact) mass is 385 g/mol. The van der Waals surface area contributed by atoms with Crippen molar-refractivity contribution in [3.8, 4) is 0 Å². The molecule has 2 aromatic rings. The van der Waals surface area contributed by atoms with E-state index in [1.54, 1.807) is 27.7 Å². The van der Waals surface area contributed by atoms with Crippen LogP contribution >= 0.6 is 11.6 Å². The van der Waals surface area contributed by atoms with Gasteiger partial charge in [-0.15, -0.1) is 0 Å². The molecular weight excluding hydrogens is 362 g/mol. The number of fused-ring (bicyclic) bond motifs is 1. The Hall–Kier alpha value is -2.42. The number of rotatable bonds is 4. The van der Waals surface area contributed by atoms with E-state index in [1.165, 1.54) is 10.9 Å². The van der Waals surface area contributed by atoms with Crippen molar-refractivity contribution in [2.24, 2.45) is 0 Å². The summed E-state index contributed by atoms with van der Waals surface area (Å²) in [7, 11) is 0. The lowest BCUT2D eigenvalue weighted by molar-refractivity contribution is -0.143. The quantitative estimate of drug-likeness (QED) is 0.634. The van der Waals surface area contributed by atoms with Crippen molar-refractivity contribution in [2.75, 3.05) is 11.9 Å². The maximum absolute atomic E-state index is 11.8. The van der Waals surface area contributed by atoms with Crippen LogP contribution in [0.1, 0.15) is 41.5 Å². The second kappa shape index (κ2) is 9.33. The summed E-state index contributed by atoms with van der Waals surface area (Å²) in [5.41, 5.74) is -0.0475. The molecule has 0 unspecified atom stereocenters. The number of carbonyl (C=O) groups is 2. The molecule has 0 aliphatic carbocycles. The lowest BCUT2D eigenvalue weighted by Crippen LogP contribution is -2.27. The Morgan fingerprint density at radius 3 is 2.50 bits per heavy atom. The number of hydrogen-bond acceptors (Lipinski definition) is 7. The Bertz CT molecular complexity index is 770. The van der Waals surface area contributed by atoms with Gasteiger partial charge in [-0.1, -0.05) is 25.4 Å². The SMILES string of the molecule is CC.CCOC(=O)Cn1cnc2c(Cl)nc(NC(=O)OC(C)(C)C)nc21. The first-order chi connectivity index (χ1) is 12.2. The molecule has 2 rings (SSSR count). The lowest BCUT2D eigenvalue weighted by atomic mass is 10.2. The number of aromatic nitrogens is 4. The van der Waals surface area contributed by atoms with Crippen molar-refractivity contribution in [3.05, 3.63) is 11.5 Å². The Morgan fingerprint density at radius 2 is 1.92 bits per heavy atom. The molecule has 26 heavy (non-hydrogen) atoms. The van der Waals surface area contributed by atoms with Crippen LogP contribution in [-0.2, 0) is 20.8 Å². The van der Waals surface area contributed by atoms with Crippen LogP contribution in [0.15, 0.2) is 6.33 Å². The number of esters is 1. The molecule has 1 amide bonds. The molecule has 0 spiro atoms. The topological polar surface area (TPSA) is 108 Å². The van der Waals surface area contributed by atoms with Gasteiger partial charge in [0.2, 0.25) is 5.95 Å². The number of nitrogens with zero attached hydrogens (tertiary/aromatic N) is 4. The number of halogens is 1. The first-order valence-electron chi connectivity index (χ1n) is 8.23. The fraction of sp³-hybridized carbons (Fsp3) is 0.562. The van der Waals surface area contributed by atoms with E-state index >= 15 is 0 Å². The molecule has 10 heteroatoms. The number of amides is 1. The molecule has 9 nitrogen and oxygen atoms in total. The molecule has 0 fully saturated rings. The fourth-order valence-electron chi connectivity index (χ4n) is 1.82. The number of anilines is 1. The standard InChI is InChI=1S/C14H18ClN5O4.C2H6/c1-5-23-8(21)6-20-7-16-9-10(15)17-12(18-11(9)20)19-13(22)24-14(2,3)4;1-2/h7H,5-6H2,1-4H3,(H,17,18,19,22);1-2H3. The number of imidazole rings is 1. The van der Waals surface area contributed by atoms with Gasteiger partial charge < -0.3 is 14.0 Å². The summed E-state index contributed by atoms with van der Waals surface area (Å²) in [4.78, 5) is 35.6. The Labute approximate surface area is 157 Å². The van der Waals surface area contributed by atoms with Gasteiger partial charge in [0.25, 0.3) is 0 Å². The molecule has 0 saturated heterocycles. The molecule has 2 heterocycles. The van der Waals surface area contributed by atoms with E-state index in [2.05, 4.69) is 20.3 Å². The van der Waals surface area contributed by atoms with Crippen LogP contribution < -0.4 is 5.32 Å². The smallest absolute Gasteiger partial charge is 0.414 e. The van der Waals surface area contributed by atoms with E-state index in [1.807, 2.05) is 13.8 Å². The Morgan fingerprint density at radius 1 is 1.27 bits per heavy atom. The molecule has 2 aromatic heterocycles. The van der Waals surface area contributed by atoms with Crippen LogP contribution in [0.5, 0.6) is 0 Å². The van der Waals surface area contributed by atoms with E-state index in [-0.39, 0.29) is 24.3 Å². The summed E-state index contributed by atoms with van der Waals surface area (Å²) < 4.78 is 11.5. The van der Waals surface area contributed by atoms with Gasteiger partial charge in [-0.05, 0) is 27.7 Å². The number of hydrogen-bond donors (Lipinski definition) is 1. The van der Waals surface area contributed by atoms with Crippen molar-refractivity contribution in [3.63, 3.8) is 0 Å². The largest absolute Gasteiger partial charge is 0.465 e. The zero-order chi connectivity index (χ0) is 19.9. The lowest BCUT2D eigenvalue weighted by Gasteiger charge is -2.19. The average molecular weight is 386 g/mol. The third-order valence-electron chi connectivity index (χ3n) is 2.64. The highest BCUT2D eigenvalue weighted by Crippen LogP contribution is 2.21. The van der Waals surface area contributed by atoms with Crippen LogP contribution in [0.25, 0.3) is 11.2 Å². The molecule has 1 N–H and O–H groups in total. The highest BCUT2D eigenvalue weighted by atomic mass is 35.5. The minimum absolute atomic E-state index is 0.0487. The van der Waals surface area contributed by atoms with Gasteiger partial charge in [-0.25, -0.2) is 9.78 Å². The first kappa shape index (κ1) is 21.6. The van der Waals surface area contributed by atoms with E-state index < -0.39 is 17.7 Å². The predicted molar refractivity (Wildman–Crippen MR) is 98.2 cm³/mol. The summed E-state index contributed by atoms with van der Waals surface area (Å²) in [6.07, 6.45) is 0.689. The van der Waals surface area contributed by atoms with Gasteiger partial charge in [0, 0.05) is 0 Å². The molecule has 0 saturated carbocycles. The van der Waals surface area contributed by atoms with Crippen molar-refractivity contribution in [1.29, 1.82) is 0 Å². The van der Waals surface area contributed by atoms with E-state index in [0.29, 0.717) is 11.2 Å². The molecule has 0 aliphatic heterocycles. The van der Waals surface area contributed by atoms with E-state index in [9.17, 15) is 9.59 Å². The van der Waals surface area contributed by atoms with Crippen LogP contribution in [-0.4, -0.2) is 43.8 Å². The van der Waals surface area contributed by atoms with Gasteiger partial charge in [0.1, 0.15) is 17.7 Å². The number of carbonyl (C=O) groups excluding carboxylic acids is 2. The highest BCUT2D eigenvalue weighted by molar-refractivity contribution is 6.33. The maximum Gasteiger partial charge on any atom is 0.414 e. The maximum atomic E-state index is 11.8. The van der Waals surface area contributed by atoms with Gasteiger partial charge in [0.15, 0.2) is 10.8 Å².